The number of hydrogen-bond donors (Lipinski definition) is 0. The van der Waals surface area contributed by atoms with Crippen molar-refractivity contribution in [3.05, 3.63) is 170 Å². The highest BCUT2D eigenvalue weighted by Crippen LogP contribution is 2.42. The molecule has 0 aliphatic rings. The molecular formula is C44H28N2O. The highest BCUT2D eigenvalue weighted by atomic mass is 16.3. The first kappa shape index (κ1) is 27.0. The van der Waals surface area contributed by atoms with E-state index in [1.807, 2.05) is 36.4 Å². The van der Waals surface area contributed by atoms with Gasteiger partial charge < -0.3 is 4.42 Å². The largest absolute Gasteiger partial charge is 0.455 e. The molecule has 220 valence electrons. The van der Waals surface area contributed by atoms with Gasteiger partial charge in [-0.15, -0.1) is 0 Å². The van der Waals surface area contributed by atoms with Crippen LogP contribution < -0.4 is 0 Å². The first-order chi connectivity index (χ1) is 23.3. The molecule has 0 aliphatic heterocycles. The van der Waals surface area contributed by atoms with Crippen molar-refractivity contribution >= 4 is 32.7 Å². The van der Waals surface area contributed by atoms with Crippen LogP contribution in [0.5, 0.6) is 0 Å². The average Bonchev–Trinajstić information content (AvgIpc) is 3.55. The Morgan fingerprint density at radius 3 is 1.49 bits per heavy atom. The molecule has 9 rings (SSSR count). The van der Waals surface area contributed by atoms with E-state index in [0.717, 1.165) is 66.5 Å². The van der Waals surface area contributed by atoms with E-state index in [9.17, 15) is 0 Å². The minimum Gasteiger partial charge on any atom is -0.455 e. The molecule has 2 aromatic heterocycles. The average molecular weight is 601 g/mol. The first-order valence-electron chi connectivity index (χ1n) is 15.8. The third-order valence-corrected chi connectivity index (χ3v) is 8.91. The highest BCUT2D eigenvalue weighted by Gasteiger charge is 2.18. The maximum atomic E-state index is 6.77. The molecule has 0 bridgehead atoms. The maximum absolute atomic E-state index is 6.77. The Morgan fingerprint density at radius 2 is 0.809 bits per heavy atom. The van der Waals surface area contributed by atoms with Gasteiger partial charge in [0.05, 0.1) is 11.4 Å². The second-order valence-electron chi connectivity index (χ2n) is 11.8. The molecule has 7 aromatic carbocycles. The summed E-state index contributed by atoms with van der Waals surface area (Å²) in [5.74, 6) is 0.708. The Labute approximate surface area is 272 Å². The summed E-state index contributed by atoms with van der Waals surface area (Å²) >= 11 is 0. The van der Waals surface area contributed by atoms with Crippen LogP contribution in [-0.2, 0) is 0 Å². The molecule has 0 unspecified atom stereocenters. The lowest BCUT2D eigenvalue weighted by Crippen LogP contribution is -1.95. The van der Waals surface area contributed by atoms with E-state index in [4.69, 9.17) is 14.4 Å². The minimum atomic E-state index is 0.708. The third-order valence-electron chi connectivity index (χ3n) is 8.91. The Kier molecular flexibility index (Phi) is 6.46. The molecule has 0 amide bonds. The van der Waals surface area contributed by atoms with Crippen molar-refractivity contribution in [1.82, 2.24) is 9.97 Å². The molecule has 47 heavy (non-hydrogen) atoms. The van der Waals surface area contributed by atoms with Crippen molar-refractivity contribution in [2.45, 2.75) is 0 Å². The predicted octanol–water partition coefficient (Wildman–Crippen LogP) is 11.9. The van der Waals surface area contributed by atoms with Crippen molar-refractivity contribution in [2.24, 2.45) is 0 Å². The van der Waals surface area contributed by atoms with Crippen molar-refractivity contribution in [3.63, 3.8) is 0 Å². The second-order valence-corrected chi connectivity index (χ2v) is 11.8. The summed E-state index contributed by atoms with van der Waals surface area (Å²) in [7, 11) is 0. The van der Waals surface area contributed by atoms with E-state index in [1.54, 1.807) is 0 Å². The number of benzene rings is 7. The summed E-state index contributed by atoms with van der Waals surface area (Å²) in [5.41, 5.74) is 11.2. The number of hydrogen-bond acceptors (Lipinski definition) is 3. The molecule has 0 atom stereocenters. The summed E-state index contributed by atoms with van der Waals surface area (Å²) < 4.78 is 6.77. The summed E-state index contributed by atoms with van der Waals surface area (Å²) in [6.45, 7) is 0. The Balaban J connectivity index is 1.17. The Bertz CT molecular complexity index is 2480. The lowest BCUT2D eigenvalue weighted by atomic mass is 9.95. The molecule has 3 heteroatoms. The van der Waals surface area contributed by atoms with Gasteiger partial charge in [-0.05, 0) is 34.2 Å². The van der Waals surface area contributed by atoms with Crippen LogP contribution in [0.25, 0.3) is 88.9 Å². The SMILES string of the molecule is c1ccc(-c2cc(-c3ccc(-c4cccc5c4oc4c6ccccc6c(-c6ccccc6)cc54)cc3)nc(-c3ccccc3)n2)cc1. The minimum absolute atomic E-state index is 0.708. The molecule has 3 nitrogen and oxygen atoms in total. The third kappa shape index (κ3) is 4.77. The van der Waals surface area contributed by atoms with Gasteiger partial charge in [0.1, 0.15) is 11.2 Å². The summed E-state index contributed by atoms with van der Waals surface area (Å²) in [6.07, 6.45) is 0. The normalized spacial score (nSPS) is 11.4. The van der Waals surface area contributed by atoms with Gasteiger partial charge in [0.15, 0.2) is 5.82 Å². The predicted molar refractivity (Wildman–Crippen MR) is 194 cm³/mol. The van der Waals surface area contributed by atoms with E-state index < -0.39 is 0 Å². The molecule has 0 saturated heterocycles. The van der Waals surface area contributed by atoms with Crippen LogP contribution >= 0.6 is 0 Å². The zero-order valence-corrected chi connectivity index (χ0v) is 25.5. The molecular weight excluding hydrogens is 572 g/mol. The Hall–Kier alpha value is -6.32. The van der Waals surface area contributed by atoms with Crippen LogP contribution in [0.1, 0.15) is 0 Å². The van der Waals surface area contributed by atoms with Crippen LogP contribution in [0.3, 0.4) is 0 Å². The van der Waals surface area contributed by atoms with Crippen LogP contribution in [0, 0.1) is 0 Å². The monoisotopic (exact) mass is 600 g/mol. The maximum Gasteiger partial charge on any atom is 0.160 e. The lowest BCUT2D eigenvalue weighted by molar-refractivity contribution is 0.674. The molecule has 9 aromatic rings. The van der Waals surface area contributed by atoms with E-state index in [0.29, 0.717) is 5.82 Å². The van der Waals surface area contributed by atoms with Crippen LogP contribution in [0.15, 0.2) is 174 Å². The number of aromatic nitrogens is 2. The van der Waals surface area contributed by atoms with E-state index in [-0.39, 0.29) is 0 Å². The topological polar surface area (TPSA) is 38.9 Å². The number of furan rings is 1. The van der Waals surface area contributed by atoms with Gasteiger partial charge in [-0.3, -0.25) is 0 Å². The summed E-state index contributed by atoms with van der Waals surface area (Å²) in [6, 6.07) is 59.0. The van der Waals surface area contributed by atoms with Crippen molar-refractivity contribution in [3.8, 4) is 56.2 Å². The number of nitrogens with zero attached hydrogens (tertiary/aromatic N) is 2. The zero-order valence-electron chi connectivity index (χ0n) is 25.5. The van der Waals surface area contributed by atoms with Gasteiger partial charge in [-0.2, -0.15) is 0 Å². The van der Waals surface area contributed by atoms with Gasteiger partial charge in [0.25, 0.3) is 0 Å². The van der Waals surface area contributed by atoms with Gasteiger partial charge in [0, 0.05) is 38.4 Å². The fourth-order valence-corrected chi connectivity index (χ4v) is 6.59. The van der Waals surface area contributed by atoms with Gasteiger partial charge in [-0.1, -0.05) is 158 Å². The van der Waals surface area contributed by atoms with Crippen LogP contribution in [0.2, 0.25) is 0 Å². The van der Waals surface area contributed by atoms with Crippen molar-refractivity contribution < 1.29 is 4.42 Å². The number of para-hydroxylation sites is 1. The quantitative estimate of drug-likeness (QED) is 0.197. The number of rotatable bonds is 5. The van der Waals surface area contributed by atoms with Gasteiger partial charge in [0.2, 0.25) is 0 Å². The molecule has 0 aliphatic carbocycles. The summed E-state index contributed by atoms with van der Waals surface area (Å²) in [4.78, 5) is 9.96. The standard InChI is InChI=1S/C44H28N2O/c1-4-13-29(14-5-1)38-27-39-37-22-12-21-34(42(37)47-43(39)36-20-11-10-19-35(36)38)30-23-25-32(26-24-30)41-28-40(31-15-6-2-7-16-31)45-44(46-41)33-17-8-3-9-18-33/h1-28H. The molecule has 0 fully saturated rings. The van der Waals surface area contributed by atoms with Crippen molar-refractivity contribution in [1.29, 1.82) is 0 Å². The van der Waals surface area contributed by atoms with E-state index in [2.05, 4.69) is 133 Å². The fourth-order valence-electron chi connectivity index (χ4n) is 6.59. The Morgan fingerprint density at radius 1 is 0.319 bits per heavy atom. The molecule has 0 N–H and O–H groups in total. The number of fused-ring (bicyclic) bond motifs is 5. The molecule has 0 saturated carbocycles. The molecule has 2 heterocycles. The lowest BCUT2D eigenvalue weighted by Gasteiger charge is -2.10. The molecule has 0 radical (unpaired) electrons. The molecule has 0 spiro atoms. The first-order valence-corrected chi connectivity index (χ1v) is 15.8. The van der Waals surface area contributed by atoms with Crippen LogP contribution in [0.4, 0.5) is 0 Å². The highest BCUT2D eigenvalue weighted by molar-refractivity contribution is 6.20. The van der Waals surface area contributed by atoms with Crippen LogP contribution in [-0.4, -0.2) is 9.97 Å². The second kappa shape index (κ2) is 11.2. The summed E-state index contributed by atoms with van der Waals surface area (Å²) in [5, 5.41) is 4.54. The van der Waals surface area contributed by atoms with E-state index >= 15 is 0 Å². The van der Waals surface area contributed by atoms with Crippen molar-refractivity contribution in [2.75, 3.05) is 0 Å². The smallest absolute Gasteiger partial charge is 0.160 e. The van der Waals surface area contributed by atoms with Gasteiger partial charge >= 0.3 is 0 Å². The fraction of sp³-hybridized carbons (Fsp3) is 0. The zero-order chi connectivity index (χ0) is 31.2. The van der Waals surface area contributed by atoms with Gasteiger partial charge in [-0.25, -0.2) is 9.97 Å². The van der Waals surface area contributed by atoms with E-state index in [1.165, 1.54) is 16.5 Å².